The number of amides is 1. The summed E-state index contributed by atoms with van der Waals surface area (Å²) in [6.07, 6.45) is 0.208. The number of nitrogens with two attached hydrogens (primary N) is 1. The number of nitrogens with zero attached hydrogens (tertiary/aromatic N) is 3. The van der Waals surface area contributed by atoms with Crippen LogP contribution >= 0.6 is 0 Å². The van der Waals surface area contributed by atoms with E-state index < -0.39 is 0 Å². The number of nitrogens with one attached hydrogen (secondary N) is 1. The lowest BCUT2D eigenvalue weighted by molar-refractivity contribution is -0.115. The van der Waals surface area contributed by atoms with Gasteiger partial charge in [0.25, 0.3) is 0 Å². The van der Waals surface area contributed by atoms with Gasteiger partial charge in [0.05, 0.1) is 18.7 Å². The number of aromatic nitrogens is 1. The van der Waals surface area contributed by atoms with Gasteiger partial charge in [-0.25, -0.2) is 0 Å². The van der Waals surface area contributed by atoms with Crippen LogP contribution < -0.4 is 20.7 Å². The molecule has 0 aliphatic carbocycles. The Hall–Kier alpha value is -3.27. The predicted molar refractivity (Wildman–Crippen MR) is 97.6 cm³/mol. The first kappa shape index (κ1) is 18.1. The number of carbonyl (C=O) groups excluding carboxylic acids is 1. The Morgan fingerprint density at radius 3 is 2.60 bits per heavy atom. The molecular weight excluding hydrogens is 318 g/mol. The smallest absolute Gasteiger partial charge is 0.235 e. The van der Waals surface area contributed by atoms with Gasteiger partial charge in [0.2, 0.25) is 11.8 Å². The van der Waals surface area contributed by atoms with Crippen molar-refractivity contribution in [1.29, 1.82) is 5.26 Å². The number of benzene rings is 1. The second kappa shape index (κ2) is 8.02. The number of nitrogen functional groups attached to an aromatic ring is 1. The molecule has 0 fully saturated rings. The van der Waals surface area contributed by atoms with E-state index >= 15 is 0 Å². The average molecular weight is 339 g/mol. The fourth-order valence-electron chi connectivity index (χ4n) is 2.24. The minimum atomic E-state index is -0.225. The van der Waals surface area contributed by atoms with Crippen LogP contribution in [-0.2, 0) is 11.2 Å². The van der Waals surface area contributed by atoms with Crippen molar-refractivity contribution >= 4 is 23.1 Å². The second-order valence-electron chi connectivity index (χ2n) is 5.61. The van der Waals surface area contributed by atoms with Gasteiger partial charge in [-0.1, -0.05) is 12.1 Å². The van der Waals surface area contributed by atoms with Crippen molar-refractivity contribution in [3.8, 4) is 11.9 Å². The molecule has 1 amide bonds. The van der Waals surface area contributed by atoms with Gasteiger partial charge < -0.3 is 20.7 Å². The van der Waals surface area contributed by atoms with Crippen molar-refractivity contribution in [2.24, 2.45) is 0 Å². The van der Waals surface area contributed by atoms with Gasteiger partial charge in [-0.15, -0.1) is 0 Å². The van der Waals surface area contributed by atoms with Crippen LogP contribution in [0.25, 0.3) is 0 Å². The van der Waals surface area contributed by atoms with E-state index in [1.54, 1.807) is 6.92 Å². The molecule has 0 atom stereocenters. The maximum absolute atomic E-state index is 12.2. The van der Waals surface area contributed by atoms with Crippen molar-refractivity contribution in [1.82, 2.24) is 4.98 Å². The summed E-state index contributed by atoms with van der Waals surface area (Å²) in [5.74, 6) is 0.155. The van der Waals surface area contributed by atoms with Gasteiger partial charge >= 0.3 is 0 Å². The maximum Gasteiger partial charge on any atom is 0.235 e. The predicted octanol–water partition coefficient (Wildman–Crippen LogP) is 2.18. The topological polar surface area (TPSA) is 104 Å². The molecule has 0 radical (unpaired) electrons. The van der Waals surface area contributed by atoms with Crippen LogP contribution in [0.15, 0.2) is 30.3 Å². The van der Waals surface area contributed by atoms with Crippen LogP contribution in [0.3, 0.4) is 0 Å². The maximum atomic E-state index is 12.2. The molecule has 0 bridgehead atoms. The van der Waals surface area contributed by atoms with Crippen molar-refractivity contribution in [2.75, 3.05) is 36.7 Å². The van der Waals surface area contributed by atoms with Crippen LogP contribution in [0.2, 0.25) is 0 Å². The molecule has 130 valence electrons. The highest BCUT2D eigenvalue weighted by Crippen LogP contribution is 2.25. The Bertz CT molecular complexity index is 794. The fraction of sp³-hybridized carbons (Fsp3) is 0.278. The first-order chi connectivity index (χ1) is 11.9. The Morgan fingerprint density at radius 1 is 1.36 bits per heavy atom. The van der Waals surface area contributed by atoms with Gasteiger partial charge in [-0.05, 0) is 24.6 Å². The van der Waals surface area contributed by atoms with E-state index in [2.05, 4.69) is 10.3 Å². The minimum absolute atomic E-state index is 0.121. The molecule has 0 saturated heterocycles. The third kappa shape index (κ3) is 4.61. The zero-order valence-electron chi connectivity index (χ0n) is 14.5. The van der Waals surface area contributed by atoms with E-state index in [1.807, 2.05) is 49.3 Å². The number of nitriles is 1. The molecule has 7 heteroatoms. The quantitative estimate of drug-likeness (QED) is 0.836. The molecule has 0 unspecified atom stereocenters. The summed E-state index contributed by atoms with van der Waals surface area (Å²) >= 11 is 0. The van der Waals surface area contributed by atoms with E-state index in [4.69, 9.17) is 15.7 Å². The van der Waals surface area contributed by atoms with Crippen LogP contribution in [0.4, 0.5) is 17.2 Å². The largest absolute Gasteiger partial charge is 0.477 e. The molecule has 0 spiro atoms. The van der Waals surface area contributed by atoms with Crippen molar-refractivity contribution < 1.29 is 9.53 Å². The van der Waals surface area contributed by atoms with E-state index in [9.17, 15) is 4.79 Å². The molecule has 0 aliphatic rings. The third-order valence-electron chi connectivity index (χ3n) is 3.49. The first-order valence-electron chi connectivity index (χ1n) is 7.84. The van der Waals surface area contributed by atoms with E-state index in [-0.39, 0.29) is 35.3 Å². The molecule has 1 aromatic carbocycles. The van der Waals surface area contributed by atoms with E-state index in [1.165, 1.54) is 6.07 Å². The van der Waals surface area contributed by atoms with Crippen LogP contribution in [-0.4, -0.2) is 31.6 Å². The molecule has 2 aromatic rings. The minimum Gasteiger partial charge on any atom is -0.477 e. The SMILES string of the molecule is CCOc1nc(NC(=O)Cc2ccc(N(C)C)cc2)cc(N)c1C#N. The number of hydrogen-bond acceptors (Lipinski definition) is 6. The number of carbonyl (C=O) groups is 1. The summed E-state index contributed by atoms with van der Waals surface area (Å²) in [6.45, 7) is 2.12. The normalized spacial score (nSPS) is 10.0. The fourth-order valence-corrected chi connectivity index (χ4v) is 2.24. The lowest BCUT2D eigenvalue weighted by Gasteiger charge is -2.13. The Balaban J connectivity index is 2.11. The zero-order chi connectivity index (χ0) is 18.4. The Kier molecular flexibility index (Phi) is 5.79. The number of hydrogen-bond donors (Lipinski definition) is 2. The van der Waals surface area contributed by atoms with E-state index in [0.29, 0.717) is 6.61 Å². The number of rotatable bonds is 6. The van der Waals surface area contributed by atoms with Gasteiger partial charge in [0.15, 0.2) is 0 Å². The third-order valence-corrected chi connectivity index (χ3v) is 3.49. The Labute approximate surface area is 147 Å². The van der Waals surface area contributed by atoms with Crippen LogP contribution in [0.5, 0.6) is 5.88 Å². The van der Waals surface area contributed by atoms with Crippen LogP contribution in [0.1, 0.15) is 18.1 Å². The summed E-state index contributed by atoms with van der Waals surface area (Å²) < 4.78 is 5.32. The molecule has 25 heavy (non-hydrogen) atoms. The number of anilines is 3. The average Bonchev–Trinajstić information content (AvgIpc) is 2.55. The standard InChI is InChI=1S/C18H21N5O2/c1-4-25-18-14(11-19)15(20)10-16(22-18)21-17(24)9-12-5-7-13(8-6-12)23(2)3/h5-8,10H,4,9H2,1-3H3,(H3,20,21,22,24). The summed E-state index contributed by atoms with van der Waals surface area (Å²) in [5.41, 5.74) is 8.16. The molecule has 0 saturated carbocycles. The summed E-state index contributed by atoms with van der Waals surface area (Å²) in [5, 5.41) is 11.8. The number of pyridine rings is 1. The Morgan fingerprint density at radius 2 is 2.04 bits per heavy atom. The summed E-state index contributed by atoms with van der Waals surface area (Å²) in [7, 11) is 3.91. The second-order valence-corrected chi connectivity index (χ2v) is 5.61. The molecule has 3 N–H and O–H groups in total. The molecule has 1 heterocycles. The molecule has 7 nitrogen and oxygen atoms in total. The van der Waals surface area contributed by atoms with Gasteiger partial charge in [-0.2, -0.15) is 10.2 Å². The van der Waals surface area contributed by atoms with E-state index in [0.717, 1.165) is 11.3 Å². The van der Waals surface area contributed by atoms with Crippen molar-refractivity contribution in [3.63, 3.8) is 0 Å². The zero-order valence-corrected chi connectivity index (χ0v) is 14.5. The highest BCUT2D eigenvalue weighted by atomic mass is 16.5. The monoisotopic (exact) mass is 339 g/mol. The highest BCUT2D eigenvalue weighted by Gasteiger charge is 2.13. The van der Waals surface area contributed by atoms with Gasteiger partial charge in [0, 0.05) is 25.8 Å². The first-order valence-corrected chi connectivity index (χ1v) is 7.84. The lowest BCUT2D eigenvalue weighted by atomic mass is 10.1. The molecule has 2 rings (SSSR count). The van der Waals surface area contributed by atoms with Crippen LogP contribution in [0, 0.1) is 11.3 Å². The number of ether oxygens (including phenoxy) is 1. The lowest BCUT2D eigenvalue weighted by Crippen LogP contribution is -2.16. The highest BCUT2D eigenvalue weighted by molar-refractivity contribution is 5.92. The van der Waals surface area contributed by atoms with Gasteiger partial charge in [-0.3, -0.25) is 4.79 Å². The van der Waals surface area contributed by atoms with Crippen molar-refractivity contribution in [3.05, 3.63) is 41.5 Å². The molecule has 0 aliphatic heterocycles. The summed E-state index contributed by atoms with van der Waals surface area (Å²) in [6, 6.07) is 11.1. The molecular formula is C18H21N5O2. The van der Waals surface area contributed by atoms with Crippen molar-refractivity contribution in [2.45, 2.75) is 13.3 Å². The molecule has 1 aromatic heterocycles. The summed E-state index contributed by atoms with van der Waals surface area (Å²) in [4.78, 5) is 18.4. The van der Waals surface area contributed by atoms with Gasteiger partial charge in [0.1, 0.15) is 17.5 Å².